The van der Waals surface area contributed by atoms with Gasteiger partial charge < -0.3 is 4.42 Å². The fraction of sp³-hybridized carbons (Fsp3) is 0.692. The molecule has 1 unspecified atom stereocenters. The first-order valence-corrected chi connectivity index (χ1v) is 6.87. The maximum atomic E-state index is 5.74. The van der Waals surface area contributed by atoms with Gasteiger partial charge in [-0.1, -0.05) is 45.4 Å². The summed E-state index contributed by atoms with van der Waals surface area (Å²) in [5.41, 5.74) is 2.78. The average Bonchev–Trinajstić information content (AvgIpc) is 2.75. The van der Waals surface area contributed by atoms with Gasteiger partial charge in [0.05, 0.1) is 6.04 Å². The molecule has 0 amide bonds. The molecule has 17 heavy (non-hydrogen) atoms. The first-order valence-electron chi connectivity index (χ1n) is 6.49. The second-order valence-electron chi connectivity index (χ2n) is 4.42. The number of halogens is 1. The van der Waals surface area contributed by atoms with Crippen LogP contribution in [-0.4, -0.2) is 0 Å². The molecule has 4 heteroatoms. The number of hydrogen-bond donors (Lipinski definition) is 2. The molecule has 0 aliphatic carbocycles. The van der Waals surface area contributed by atoms with Crippen LogP contribution in [0, 0.1) is 0 Å². The maximum Gasteiger partial charge on any atom is 0.193 e. The highest BCUT2D eigenvalue weighted by atomic mass is 35.5. The van der Waals surface area contributed by atoms with Crippen LogP contribution in [0.25, 0.3) is 0 Å². The minimum atomic E-state index is 0.0775. The molecule has 1 aromatic heterocycles. The Labute approximate surface area is 109 Å². The zero-order valence-corrected chi connectivity index (χ0v) is 11.3. The highest BCUT2D eigenvalue weighted by Crippen LogP contribution is 2.23. The van der Waals surface area contributed by atoms with Gasteiger partial charge >= 0.3 is 0 Å². The summed E-state index contributed by atoms with van der Waals surface area (Å²) in [4.78, 5) is 0. The van der Waals surface area contributed by atoms with E-state index in [1.54, 1.807) is 6.07 Å². The van der Waals surface area contributed by atoms with Crippen LogP contribution in [0.5, 0.6) is 0 Å². The van der Waals surface area contributed by atoms with E-state index in [9.17, 15) is 0 Å². The standard InChI is InChI=1S/C13H23ClN2O/c1-2-3-4-5-6-7-8-11(16-15)12-9-10-13(14)17-12/h9-11,16H,2-8,15H2,1H3. The van der Waals surface area contributed by atoms with Crippen molar-refractivity contribution in [3.63, 3.8) is 0 Å². The number of unbranched alkanes of at least 4 members (excludes halogenated alkanes) is 5. The molecular formula is C13H23ClN2O. The first kappa shape index (κ1) is 14.6. The van der Waals surface area contributed by atoms with Gasteiger partial charge in [0.15, 0.2) is 5.22 Å². The Balaban J connectivity index is 2.19. The van der Waals surface area contributed by atoms with Gasteiger partial charge in [0.2, 0.25) is 0 Å². The summed E-state index contributed by atoms with van der Waals surface area (Å²) in [5.74, 6) is 6.35. The predicted octanol–water partition coefficient (Wildman–Crippen LogP) is 4.19. The molecule has 0 bridgehead atoms. The highest BCUT2D eigenvalue weighted by molar-refractivity contribution is 6.28. The lowest BCUT2D eigenvalue weighted by atomic mass is 10.0. The number of furan rings is 1. The number of nitrogens with one attached hydrogen (secondary N) is 1. The van der Waals surface area contributed by atoms with Crippen LogP contribution >= 0.6 is 11.6 Å². The fourth-order valence-electron chi connectivity index (χ4n) is 1.95. The number of nitrogens with two attached hydrogens (primary N) is 1. The Kier molecular flexibility index (Phi) is 7.33. The van der Waals surface area contributed by atoms with Gasteiger partial charge in [0.1, 0.15) is 5.76 Å². The highest BCUT2D eigenvalue weighted by Gasteiger charge is 2.13. The van der Waals surface area contributed by atoms with E-state index in [4.69, 9.17) is 21.9 Å². The summed E-state index contributed by atoms with van der Waals surface area (Å²) in [6.07, 6.45) is 8.69. The lowest BCUT2D eigenvalue weighted by Gasteiger charge is -2.12. The molecule has 0 aliphatic rings. The Hall–Kier alpha value is -0.510. The molecule has 0 spiro atoms. The topological polar surface area (TPSA) is 51.2 Å². The van der Waals surface area contributed by atoms with E-state index in [2.05, 4.69) is 12.3 Å². The molecule has 1 heterocycles. The van der Waals surface area contributed by atoms with Gasteiger partial charge in [0, 0.05) is 0 Å². The molecule has 0 saturated carbocycles. The van der Waals surface area contributed by atoms with Crippen molar-refractivity contribution in [1.82, 2.24) is 5.43 Å². The Morgan fingerprint density at radius 2 is 1.94 bits per heavy atom. The average molecular weight is 259 g/mol. The third-order valence-corrected chi connectivity index (χ3v) is 3.19. The van der Waals surface area contributed by atoms with Crippen LogP contribution < -0.4 is 11.3 Å². The second kappa shape index (κ2) is 8.56. The minimum absolute atomic E-state index is 0.0775. The van der Waals surface area contributed by atoms with Gasteiger partial charge in [-0.2, -0.15) is 0 Å². The molecule has 3 nitrogen and oxygen atoms in total. The summed E-state index contributed by atoms with van der Waals surface area (Å²) < 4.78 is 5.36. The maximum absolute atomic E-state index is 5.74. The SMILES string of the molecule is CCCCCCCCC(NN)c1ccc(Cl)o1. The summed E-state index contributed by atoms with van der Waals surface area (Å²) in [6.45, 7) is 2.23. The summed E-state index contributed by atoms with van der Waals surface area (Å²) in [6, 6.07) is 3.71. The first-order chi connectivity index (χ1) is 8.27. The fourth-order valence-corrected chi connectivity index (χ4v) is 2.10. The van der Waals surface area contributed by atoms with Crippen LogP contribution in [-0.2, 0) is 0 Å². The smallest absolute Gasteiger partial charge is 0.193 e. The van der Waals surface area contributed by atoms with E-state index in [1.165, 1.54) is 32.1 Å². The van der Waals surface area contributed by atoms with Crippen molar-refractivity contribution in [1.29, 1.82) is 0 Å². The summed E-state index contributed by atoms with van der Waals surface area (Å²) >= 11 is 5.74. The monoisotopic (exact) mass is 258 g/mol. The Morgan fingerprint density at radius 3 is 2.53 bits per heavy atom. The molecule has 1 atom stereocenters. The van der Waals surface area contributed by atoms with E-state index in [1.807, 2.05) is 6.07 Å². The number of rotatable bonds is 9. The molecule has 0 saturated heterocycles. The van der Waals surface area contributed by atoms with E-state index in [0.29, 0.717) is 5.22 Å². The van der Waals surface area contributed by atoms with Crippen molar-refractivity contribution in [3.8, 4) is 0 Å². The molecule has 0 radical (unpaired) electrons. The van der Waals surface area contributed by atoms with E-state index < -0.39 is 0 Å². The number of hydrogen-bond acceptors (Lipinski definition) is 3. The summed E-state index contributed by atoms with van der Waals surface area (Å²) in [7, 11) is 0. The zero-order chi connectivity index (χ0) is 12.5. The quantitative estimate of drug-likeness (QED) is 0.397. The molecule has 1 aromatic rings. The normalized spacial score (nSPS) is 12.9. The van der Waals surface area contributed by atoms with Crippen LogP contribution in [0.1, 0.15) is 63.7 Å². The third kappa shape index (κ3) is 5.57. The van der Waals surface area contributed by atoms with Crippen LogP contribution in [0.3, 0.4) is 0 Å². The van der Waals surface area contributed by atoms with Crippen molar-refractivity contribution in [2.45, 2.75) is 57.9 Å². The molecular weight excluding hydrogens is 236 g/mol. The molecule has 0 aliphatic heterocycles. The van der Waals surface area contributed by atoms with Gasteiger partial charge in [0.25, 0.3) is 0 Å². The molecule has 1 rings (SSSR count). The molecule has 0 aromatic carbocycles. The third-order valence-electron chi connectivity index (χ3n) is 2.98. The largest absolute Gasteiger partial charge is 0.448 e. The van der Waals surface area contributed by atoms with Crippen molar-refractivity contribution in [3.05, 3.63) is 23.1 Å². The predicted molar refractivity (Wildman–Crippen MR) is 71.8 cm³/mol. The lowest BCUT2D eigenvalue weighted by molar-refractivity contribution is 0.389. The van der Waals surface area contributed by atoms with Crippen LogP contribution in [0.2, 0.25) is 5.22 Å². The molecule has 3 N–H and O–H groups in total. The molecule has 0 fully saturated rings. The second-order valence-corrected chi connectivity index (χ2v) is 4.79. The Bertz CT molecular complexity index is 301. The van der Waals surface area contributed by atoms with Gasteiger partial charge in [-0.3, -0.25) is 5.84 Å². The van der Waals surface area contributed by atoms with Gasteiger partial charge in [-0.15, -0.1) is 0 Å². The van der Waals surface area contributed by atoms with Crippen molar-refractivity contribution in [2.75, 3.05) is 0 Å². The van der Waals surface area contributed by atoms with E-state index in [0.717, 1.165) is 18.6 Å². The Morgan fingerprint density at radius 1 is 1.24 bits per heavy atom. The summed E-state index contributed by atoms with van der Waals surface area (Å²) in [5, 5.41) is 0.420. The number of hydrazine groups is 1. The van der Waals surface area contributed by atoms with Crippen molar-refractivity contribution >= 4 is 11.6 Å². The zero-order valence-electron chi connectivity index (χ0n) is 10.5. The van der Waals surface area contributed by atoms with Crippen molar-refractivity contribution in [2.24, 2.45) is 5.84 Å². The van der Waals surface area contributed by atoms with Crippen LogP contribution in [0.15, 0.2) is 16.5 Å². The van der Waals surface area contributed by atoms with Crippen LogP contribution in [0.4, 0.5) is 0 Å². The van der Waals surface area contributed by atoms with Gasteiger partial charge in [-0.05, 0) is 30.2 Å². The van der Waals surface area contributed by atoms with Crippen molar-refractivity contribution < 1.29 is 4.42 Å². The van der Waals surface area contributed by atoms with Gasteiger partial charge in [-0.25, -0.2) is 5.43 Å². The lowest BCUT2D eigenvalue weighted by Crippen LogP contribution is -2.27. The van der Waals surface area contributed by atoms with E-state index in [-0.39, 0.29) is 6.04 Å². The minimum Gasteiger partial charge on any atom is -0.448 e. The molecule has 98 valence electrons. The van der Waals surface area contributed by atoms with E-state index >= 15 is 0 Å².